The number of rotatable bonds is 9. The first-order chi connectivity index (χ1) is 19.4. The first-order valence-electron chi connectivity index (χ1n) is 13.6. The first kappa shape index (κ1) is 26.3. The summed E-state index contributed by atoms with van der Waals surface area (Å²) in [6, 6.07) is 26.9. The Morgan fingerprint density at radius 3 is 2.33 bits per heavy atom. The lowest BCUT2D eigenvalue weighted by Crippen LogP contribution is -2.50. The minimum absolute atomic E-state index is 0.0915. The van der Waals surface area contributed by atoms with Crippen LogP contribution in [-0.4, -0.2) is 37.5 Å². The number of benzene rings is 3. The van der Waals surface area contributed by atoms with Crippen LogP contribution in [0, 0.1) is 5.92 Å². The van der Waals surface area contributed by atoms with Crippen LogP contribution in [0.1, 0.15) is 31.4 Å². The molecule has 2 aliphatic rings. The fourth-order valence-electron chi connectivity index (χ4n) is 5.31. The van der Waals surface area contributed by atoms with Gasteiger partial charge in [-0.05, 0) is 59.9 Å². The van der Waals surface area contributed by atoms with Crippen LogP contribution >= 0.6 is 0 Å². The van der Waals surface area contributed by atoms with Crippen molar-refractivity contribution in [3.63, 3.8) is 0 Å². The molecule has 4 aromatic rings. The van der Waals surface area contributed by atoms with E-state index in [2.05, 4.69) is 30.2 Å². The fraction of sp³-hybridized carbons (Fsp3) is 0.242. The van der Waals surface area contributed by atoms with Crippen LogP contribution in [0.25, 0.3) is 16.7 Å². The van der Waals surface area contributed by atoms with Gasteiger partial charge in [-0.15, -0.1) is 0 Å². The third-order valence-corrected chi connectivity index (χ3v) is 9.73. The second kappa shape index (κ2) is 10.6. The molecule has 1 saturated carbocycles. The fourth-order valence-corrected chi connectivity index (χ4v) is 6.83. The molecule has 0 saturated heterocycles. The van der Waals surface area contributed by atoms with Gasteiger partial charge in [0.15, 0.2) is 0 Å². The number of ether oxygens (including phenoxy) is 1. The smallest absolute Gasteiger partial charge is 0.264 e. The Labute approximate surface area is 236 Å². The van der Waals surface area contributed by atoms with Crippen LogP contribution in [0.5, 0.6) is 0 Å². The van der Waals surface area contributed by atoms with Crippen molar-refractivity contribution in [2.24, 2.45) is 5.92 Å². The van der Waals surface area contributed by atoms with E-state index in [0.717, 1.165) is 35.1 Å². The molecular formula is C33H33N3O3S. The molecule has 2 unspecified atom stereocenters. The zero-order chi connectivity index (χ0) is 27.7. The molecule has 3 aromatic carbocycles. The molecule has 204 valence electrons. The summed E-state index contributed by atoms with van der Waals surface area (Å²) in [7, 11) is -2.26. The maximum atomic E-state index is 14.2. The second-order valence-electron chi connectivity index (χ2n) is 10.6. The van der Waals surface area contributed by atoms with Crippen molar-refractivity contribution < 1.29 is 13.2 Å². The lowest BCUT2D eigenvalue weighted by Gasteiger charge is -2.40. The molecule has 0 aliphatic heterocycles. The molecule has 0 amide bonds. The number of sulfonamides is 1. The van der Waals surface area contributed by atoms with E-state index >= 15 is 0 Å². The van der Waals surface area contributed by atoms with Crippen molar-refractivity contribution in [2.75, 3.05) is 18.0 Å². The van der Waals surface area contributed by atoms with E-state index in [4.69, 9.17) is 4.74 Å². The van der Waals surface area contributed by atoms with E-state index < -0.39 is 15.6 Å². The van der Waals surface area contributed by atoms with Gasteiger partial charge in [-0.2, -0.15) is 5.10 Å². The minimum Gasteiger partial charge on any atom is -0.372 e. The van der Waals surface area contributed by atoms with E-state index in [-0.39, 0.29) is 17.4 Å². The summed E-state index contributed by atoms with van der Waals surface area (Å²) in [6.07, 6.45) is 12.4. The lowest BCUT2D eigenvalue weighted by atomic mass is 9.81. The number of nitrogens with zero attached hydrogens (tertiary/aromatic N) is 3. The monoisotopic (exact) mass is 551 g/mol. The second-order valence-corrected chi connectivity index (χ2v) is 12.4. The van der Waals surface area contributed by atoms with Crippen molar-refractivity contribution >= 4 is 21.3 Å². The summed E-state index contributed by atoms with van der Waals surface area (Å²) in [4.78, 5) is 0.237. The highest BCUT2D eigenvalue weighted by atomic mass is 32.2. The Kier molecular flexibility index (Phi) is 6.94. The molecule has 0 N–H and O–H groups in total. The number of aromatic nitrogens is 2. The maximum absolute atomic E-state index is 14.2. The molecule has 40 heavy (non-hydrogen) atoms. The van der Waals surface area contributed by atoms with Gasteiger partial charge in [0.25, 0.3) is 10.0 Å². The Morgan fingerprint density at radius 2 is 1.65 bits per heavy atom. The number of hydrogen-bond donors (Lipinski definition) is 0. The van der Waals surface area contributed by atoms with Gasteiger partial charge in [-0.3, -0.25) is 8.99 Å². The summed E-state index contributed by atoms with van der Waals surface area (Å²) in [6.45, 7) is 2.19. The Morgan fingerprint density at radius 1 is 0.950 bits per heavy atom. The van der Waals surface area contributed by atoms with Gasteiger partial charge in [-0.1, -0.05) is 79.7 Å². The minimum atomic E-state index is -3.91. The Hall–Kier alpha value is -3.94. The van der Waals surface area contributed by atoms with Crippen molar-refractivity contribution in [3.8, 4) is 11.1 Å². The van der Waals surface area contributed by atoms with Gasteiger partial charge in [0, 0.05) is 24.8 Å². The van der Waals surface area contributed by atoms with E-state index in [1.54, 1.807) is 31.4 Å². The third kappa shape index (κ3) is 5.03. The molecule has 1 aromatic heterocycles. The zero-order valence-electron chi connectivity index (χ0n) is 22.7. The molecular weight excluding hydrogens is 518 g/mol. The van der Waals surface area contributed by atoms with Crippen LogP contribution in [0.3, 0.4) is 0 Å². The van der Waals surface area contributed by atoms with Gasteiger partial charge in [0.1, 0.15) is 5.60 Å². The van der Waals surface area contributed by atoms with Crippen LogP contribution in [0.2, 0.25) is 0 Å². The summed E-state index contributed by atoms with van der Waals surface area (Å²) in [5.41, 5.74) is 3.80. The Bertz CT molecular complexity index is 1660. The van der Waals surface area contributed by atoms with Gasteiger partial charge >= 0.3 is 0 Å². The van der Waals surface area contributed by atoms with Crippen molar-refractivity contribution in [2.45, 2.75) is 36.3 Å². The topological polar surface area (TPSA) is 64.4 Å². The van der Waals surface area contributed by atoms with Gasteiger partial charge in [0.2, 0.25) is 0 Å². The summed E-state index contributed by atoms with van der Waals surface area (Å²) in [5, 5.41) is 4.53. The molecule has 2 atom stereocenters. The molecule has 6 nitrogen and oxygen atoms in total. The highest BCUT2D eigenvalue weighted by Gasteiger charge is 2.41. The molecule has 1 fully saturated rings. The molecule has 0 spiro atoms. The molecule has 0 radical (unpaired) electrons. The zero-order valence-corrected chi connectivity index (χ0v) is 23.5. The SMILES string of the molecule is COC1(CN(c2cccc(-c3cnn(C4CC4)c3)c2)S(=O)(=O)c2ccccc2)C=CC(c2ccccc2)=CC1C. The average molecular weight is 552 g/mol. The molecule has 2 aliphatic carbocycles. The predicted octanol–water partition coefficient (Wildman–Crippen LogP) is 6.76. The van der Waals surface area contributed by atoms with E-state index in [9.17, 15) is 8.42 Å². The average Bonchev–Trinajstić information content (AvgIpc) is 3.73. The van der Waals surface area contributed by atoms with Crippen LogP contribution in [-0.2, 0) is 14.8 Å². The quantitative estimate of drug-likeness (QED) is 0.231. The van der Waals surface area contributed by atoms with Crippen LogP contribution in [0.15, 0.2) is 120 Å². The van der Waals surface area contributed by atoms with E-state index in [1.165, 1.54) is 4.31 Å². The number of allylic oxidation sites excluding steroid dienone is 2. The summed E-state index contributed by atoms with van der Waals surface area (Å²) >= 11 is 0. The maximum Gasteiger partial charge on any atom is 0.264 e. The highest BCUT2D eigenvalue weighted by Crippen LogP contribution is 2.39. The van der Waals surface area contributed by atoms with Gasteiger partial charge in [-0.25, -0.2) is 8.42 Å². The van der Waals surface area contributed by atoms with Crippen LogP contribution in [0.4, 0.5) is 5.69 Å². The molecule has 6 rings (SSSR count). The predicted molar refractivity (Wildman–Crippen MR) is 159 cm³/mol. The lowest BCUT2D eigenvalue weighted by molar-refractivity contribution is 0.0109. The van der Waals surface area contributed by atoms with Crippen molar-refractivity contribution in [1.82, 2.24) is 9.78 Å². The van der Waals surface area contributed by atoms with Gasteiger partial charge in [0.05, 0.1) is 29.4 Å². The van der Waals surface area contributed by atoms with Gasteiger partial charge < -0.3 is 4.74 Å². The number of anilines is 1. The first-order valence-corrected chi connectivity index (χ1v) is 15.1. The molecule has 0 bridgehead atoms. The van der Waals surface area contributed by atoms with Crippen LogP contribution < -0.4 is 4.31 Å². The number of hydrogen-bond acceptors (Lipinski definition) is 4. The molecule has 1 heterocycles. The van der Waals surface area contributed by atoms with Crippen molar-refractivity contribution in [1.29, 1.82) is 0 Å². The molecule has 7 heteroatoms. The third-order valence-electron chi connectivity index (χ3n) is 7.94. The summed E-state index contributed by atoms with van der Waals surface area (Å²) < 4.78 is 38.1. The van der Waals surface area contributed by atoms with E-state index in [1.807, 2.05) is 77.8 Å². The standard InChI is InChI=1S/C33H33N3O3S/c1-25-20-28(26-10-5-3-6-11-26)18-19-33(25,39-2)24-36(40(37,38)32-14-7-4-8-15-32)31-13-9-12-27(21-31)29-22-34-35(23-29)30-16-17-30/h3-15,18-23,25,30H,16-17,24H2,1-2H3. The number of methoxy groups -OCH3 is 1. The summed E-state index contributed by atoms with van der Waals surface area (Å²) in [5.74, 6) is -0.0915. The Balaban J connectivity index is 1.40. The normalized spacial score (nSPS) is 20.8. The van der Waals surface area contributed by atoms with Crippen molar-refractivity contribution in [3.05, 3.63) is 121 Å². The van der Waals surface area contributed by atoms with E-state index in [0.29, 0.717) is 11.7 Å². The largest absolute Gasteiger partial charge is 0.372 e. The highest BCUT2D eigenvalue weighted by molar-refractivity contribution is 7.92.